The van der Waals surface area contributed by atoms with Crippen LogP contribution < -0.4 is 5.56 Å². The van der Waals surface area contributed by atoms with Gasteiger partial charge < -0.3 is 9.15 Å². The van der Waals surface area contributed by atoms with Crippen molar-refractivity contribution in [1.29, 1.82) is 0 Å². The second kappa shape index (κ2) is 6.60. The molecule has 0 spiro atoms. The normalized spacial score (nSPS) is 11.1. The zero-order valence-electron chi connectivity index (χ0n) is 13.8. The number of ether oxygens (including phenoxy) is 1. The van der Waals surface area contributed by atoms with Crippen molar-refractivity contribution in [2.24, 2.45) is 0 Å². The van der Waals surface area contributed by atoms with E-state index in [1.807, 2.05) is 13.0 Å². The van der Waals surface area contributed by atoms with Crippen LogP contribution in [0.25, 0.3) is 10.2 Å². The maximum absolute atomic E-state index is 12.8. The van der Waals surface area contributed by atoms with Crippen LogP contribution in [0.4, 0.5) is 0 Å². The van der Waals surface area contributed by atoms with Crippen LogP contribution in [-0.2, 0) is 24.1 Å². The smallest absolute Gasteiger partial charge is 0.373 e. The lowest BCUT2D eigenvalue weighted by atomic mass is 10.3. The minimum atomic E-state index is -0.539. The van der Waals surface area contributed by atoms with Crippen LogP contribution in [0.5, 0.6) is 0 Å². The first-order valence-electron chi connectivity index (χ1n) is 7.76. The molecule has 3 rings (SSSR count). The third-order valence-corrected chi connectivity index (χ3v) is 4.98. The highest BCUT2D eigenvalue weighted by atomic mass is 32.1. The predicted octanol–water partition coefficient (Wildman–Crippen LogP) is 3.01. The molecule has 0 bridgehead atoms. The Morgan fingerprint density at radius 2 is 2.12 bits per heavy atom. The number of furan rings is 1. The predicted molar refractivity (Wildman–Crippen MR) is 91.8 cm³/mol. The molecule has 0 saturated carbocycles. The lowest BCUT2D eigenvalue weighted by molar-refractivity contribution is 0.0563. The number of nitrogens with zero attached hydrogens (tertiary/aromatic N) is 2. The number of carbonyl (C=O) groups is 1. The summed E-state index contributed by atoms with van der Waals surface area (Å²) in [6, 6.07) is 5.13. The number of rotatable bonds is 5. The topological polar surface area (TPSA) is 74.3 Å². The molecule has 0 aliphatic heterocycles. The van der Waals surface area contributed by atoms with E-state index in [2.05, 4.69) is 16.6 Å². The molecule has 0 aromatic carbocycles. The molecule has 3 aromatic heterocycles. The Labute approximate surface area is 142 Å². The van der Waals surface area contributed by atoms with Crippen LogP contribution in [0.2, 0.25) is 0 Å². The van der Waals surface area contributed by atoms with Crippen molar-refractivity contribution in [2.75, 3.05) is 7.11 Å². The Balaban J connectivity index is 2.04. The Hall–Kier alpha value is -2.41. The number of fused-ring (bicyclic) bond motifs is 1. The lowest BCUT2D eigenvalue weighted by Crippen LogP contribution is -2.25. The van der Waals surface area contributed by atoms with Crippen LogP contribution in [0.1, 0.15) is 40.9 Å². The fraction of sp³-hybridized carbons (Fsp3) is 0.353. The molecule has 0 aliphatic rings. The van der Waals surface area contributed by atoms with Gasteiger partial charge in [0.25, 0.3) is 5.56 Å². The van der Waals surface area contributed by atoms with Gasteiger partial charge in [0.15, 0.2) is 0 Å². The van der Waals surface area contributed by atoms with Gasteiger partial charge in [0, 0.05) is 11.3 Å². The lowest BCUT2D eigenvalue weighted by Gasteiger charge is -2.09. The number of aromatic nitrogens is 2. The zero-order valence-corrected chi connectivity index (χ0v) is 14.6. The molecule has 0 radical (unpaired) electrons. The van der Waals surface area contributed by atoms with Gasteiger partial charge in [0.2, 0.25) is 5.76 Å². The van der Waals surface area contributed by atoms with Crippen LogP contribution >= 0.6 is 11.3 Å². The molecule has 0 saturated heterocycles. The average molecular weight is 346 g/mol. The van der Waals surface area contributed by atoms with Crippen LogP contribution in [0.15, 0.2) is 27.4 Å². The van der Waals surface area contributed by atoms with Crippen LogP contribution in [0, 0.1) is 0 Å². The van der Waals surface area contributed by atoms with Crippen molar-refractivity contribution in [3.05, 3.63) is 50.8 Å². The first-order chi connectivity index (χ1) is 11.6. The van der Waals surface area contributed by atoms with Crippen LogP contribution in [-0.4, -0.2) is 22.6 Å². The Bertz CT molecular complexity index is 951. The molecule has 0 N–H and O–H groups in total. The van der Waals surface area contributed by atoms with Crippen molar-refractivity contribution >= 4 is 27.5 Å². The van der Waals surface area contributed by atoms with Crippen molar-refractivity contribution in [1.82, 2.24) is 9.55 Å². The molecule has 0 fully saturated rings. The maximum atomic E-state index is 12.8. The quantitative estimate of drug-likeness (QED) is 0.664. The van der Waals surface area contributed by atoms with E-state index in [1.165, 1.54) is 7.11 Å². The number of methoxy groups -OCH3 is 1. The van der Waals surface area contributed by atoms with Gasteiger partial charge in [-0.25, -0.2) is 9.78 Å². The minimum Gasteiger partial charge on any atom is -0.463 e. The van der Waals surface area contributed by atoms with Crippen molar-refractivity contribution in [2.45, 2.75) is 33.2 Å². The summed E-state index contributed by atoms with van der Waals surface area (Å²) >= 11 is 1.56. The van der Waals surface area contributed by atoms with Gasteiger partial charge >= 0.3 is 5.97 Å². The summed E-state index contributed by atoms with van der Waals surface area (Å²) < 4.78 is 11.7. The van der Waals surface area contributed by atoms with Gasteiger partial charge in [0.05, 0.1) is 19.0 Å². The highest BCUT2D eigenvalue weighted by molar-refractivity contribution is 7.18. The van der Waals surface area contributed by atoms with E-state index in [1.54, 1.807) is 28.0 Å². The largest absolute Gasteiger partial charge is 0.463 e. The first-order valence-corrected chi connectivity index (χ1v) is 8.58. The monoisotopic (exact) mass is 346 g/mol. The second-order valence-corrected chi connectivity index (χ2v) is 6.43. The Morgan fingerprint density at radius 1 is 1.33 bits per heavy atom. The molecule has 6 nitrogen and oxygen atoms in total. The highest BCUT2D eigenvalue weighted by Crippen LogP contribution is 2.22. The van der Waals surface area contributed by atoms with Crippen molar-refractivity contribution < 1.29 is 13.9 Å². The summed E-state index contributed by atoms with van der Waals surface area (Å²) in [6.45, 7) is 4.25. The maximum Gasteiger partial charge on any atom is 0.373 e. The molecule has 3 heterocycles. The third kappa shape index (κ3) is 2.87. The van der Waals surface area contributed by atoms with Gasteiger partial charge in [-0.3, -0.25) is 9.36 Å². The molecule has 0 amide bonds. The van der Waals surface area contributed by atoms with E-state index in [0.717, 1.165) is 16.1 Å². The molecule has 0 aliphatic carbocycles. The summed E-state index contributed by atoms with van der Waals surface area (Å²) in [7, 11) is 1.30. The summed E-state index contributed by atoms with van der Waals surface area (Å²) in [5, 5.41) is 0.633. The van der Waals surface area contributed by atoms with E-state index < -0.39 is 5.97 Å². The summed E-state index contributed by atoms with van der Waals surface area (Å²) in [5.41, 5.74) is -0.0798. The Morgan fingerprint density at radius 3 is 2.79 bits per heavy atom. The number of esters is 1. The van der Waals surface area contributed by atoms with Gasteiger partial charge in [-0.2, -0.15) is 0 Å². The molecule has 0 unspecified atom stereocenters. The molecule has 0 atom stereocenters. The highest BCUT2D eigenvalue weighted by Gasteiger charge is 2.16. The van der Waals surface area contributed by atoms with E-state index in [-0.39, 0.29) is 17.9 Å². The molecule has 7 heteroatoms. The fourth-order valence-corrected chi connectivity index (χ4v) is 3.52. The van der Waals surface area contributed by atoms with Gasteiger partial charge in [-0.1, -0.05) is 13.8 Å². The Kier molecular flexibility index (Phi) is 4.53. The van der Waals surface area contributed by atoms with Crippen molar-refractivity contribution in [3.63, 3.8) is 0 Å². The summed E-state index contributed by atoms with van der Waals surface area (Å²) in [6.07, 6.45) is 1.51. The SMILES string of the molecule is CCc1cc2c(=O)n(Cc3ccc(C(=O)OC)o3)c(CC)nc2s1. The summed E-state index contributed by atoms with van der Waals surface area (Å²) in [5.74, 6) is 0.798. The van der Waals surface area contributed by atoms with E-state index in [4.69, 9.17) is 4.42 Å². The molecular weight excluding hydrogens is 328 g/mol. The number of hydrogen-bond acceptors (Lipinski definition) is 6. The van der Waals surface area contributed by atoms with Crippen molar-refractivity contribution in [3.8, 4) is 0 Å². The van der Waals surface area contributed by atoms with Gasteiger partial charge in [0.1, 0.15) is 16.4 Å². The average Bonchev–Trinajstić information content (AvgIpc) is 3.23. The summed E-state index contributed by atoms with van der Waals surface area (Å²) in [4.78, 5) is 30.9. The van der Waals surface area contributed by atoms with Gasteiger partial charge in [-0.05, 0) is 24.6 Å². The number of hydrogen-bond donors (Lipinski definition) is 0. The van der Waals surface area contributed by atoms with E-state index in [9.17, 15) is 9.59 Å². The standard InChI is InChI=1S/C17H18N2O4S/c1-4-11-8-12-15(24-11)18-14(5-2)19(16(12)20)9-10-6-7-13(23-10)17(21)22-3/h6-8H,4-5,9H2,1-3H3. The number of aryl methyl sites for hydroxylation is 2. The van der Waals surface area contributed by atoms with Gasteiger partial charge in [-0.15, -0.1) is 11.3 Å². The van der Waals surface area contributed by atoms with Crippen LogP contribution in [0.3, 0.4) is 0 Å². The van der Waals surface area contributed by atoms with E-state index in [0.29, 0.717) is 23.4 Å². The third-order valence-electron chi connectivity index (χ3n) is 3.81. The molecule has 24 heavy (non-hydrogen) atoms. The first kappa shape index (κ1) is 16.4. The molecular formula is C17H18N2O4S. The zero-order chi connectivity index (χ0) is 17.3. The molecule has 126 valence electrons. The van der Waals surface area contributed by atoms with E-state index >= 15 is 0 Å². The second-order valence-electron chi connectivity index (χ2n) is 5.32. The minimum absolute atomic E-state index is 0.0798. The fourth-order valence-electron chi connectivity index (χ4n) is 2.54. The molecule has 3 aromatic rings. The number of carbonyl (C=O) groups excluding carboxylic acids is 1. The number of thiophene rings is 1.